The molecule has 4 heterocycles. The molecule has 0 amide bonds. The van der Waals surface area contributed by atoms with Crippen molar-refractivity contribution in [3.8, 4) is 0 Å². The van der Waals surface area contributed by atoms with E-state index in [-0.39, 0.29) is 5.41 Å². The largest absolute Gasteiger partial charge is 0.339 e. The summed E-state index contributed by atoms with van der Waals surface area (Å²) in [7, 11) is 2.21. The molecule has 2 aliphatic heterocycles. The Labute approximate surface area is 153 Å². The number of fused-ring (bicyclic) bond motifs is 1. The van der Waals surface area contributed by atoms with Gasteiger partial charge in [-0.25, -0.2) is 0 Å². The molecule has 0 radical (unpaired) electrons. The van der Waals surface area contributed by atoms with Crippen molar-refractivity contribution in [2.45, 2.75) is 51.1 Å². The Balaban J connectivity index is 1.42. The van der Waals surface area contributed by atoms with E-state index >= 15 is 0 Å². The van der Waals surface area contributed by atoms with Gasteiger partial charge in [-0.15, -0.1) is 10.2 Å². The molecule has 3 fully saturated rings. The van der Waals surface area contributed by atoms with E-state index in [9.17, 15) is 0 Å². The van der Waals surface area contributed by atoms with E-state index in [0.29, 0.717) is 12.0 Å². The highest BCUT2D eigenvalue weighted by Gasteiger charge is 2.53. The lowest BCUT2D eigenvalue weighted by Crippen LogP contribution is -2.48. The third-order valence-electron chi connectivity index (χ3n) is 6.40. The normalized spacial score (nSPS) is 30.0. The van der Waals surface area contributed by atoms with Crippen LogP contribution < -0.4 is 0 Å². The number of rotatable bonds is 4. The van der Waals surface area contributed by atoms with Crippen LogP contribution in [0.25, 0.3) is 0 Å². The van der Waals surface area contributed by atoms with Gasteiger partial charge in [-0.1, -0.05) is 5.16 Å². The van der Waals surface area contributed by atoms with Crippen molar-refractivity contribution in [3.05, 3.63) is 23.4 Å². The summed E-state index contributed by atoms with van der Waals surface area (Å²) in [6, 6.07) is 0.614. The van der Waals surface area contributed by atoms with Gasteiger partial charge in [-0.2, -0.15) is 4.98 Å². The molecular formula is C18H27N7O. The van der Waals surface area contributed by atoms with Gasteiger partial charge in [0, 0.05) is 25.7 Å². The molecule has 5 rings (SSSR count). The molecule has 26 heavy (non-hydrogen) atoms. The van der Waals surface area contributed by atoms with Crippen LogP contribution in [0.3, 0.4) is 0 Å². The Hall–Kier alpha value is -1.80. The number of aromatic nitrogens is 5. The van der Waals surface area contributed by atoms with Crippen LogP contribution in [0.15, 0.2) is 4.52 Å². The molecule has 8 nitrogen and oxygen atoms in total. The summed E-state index contributed by atoms with van der Waals surface area (Å²) in [6.45, 7) is 8.98. The average molecular weight is 357 g/mol. The highest BCUT2D eigenvalue weighted by molar-refractivity contribution is 5.17. The summed E-state index contributed by atoms with van der Waals surface area (Å²) < 4.78 is 8.02. The molecule has 0 N–H and O–H groups in total. The summed E-state index contributed by atoms with van der Waals surface area (Å²) in [5.41, 5.74) is -0.0206. The summed E-state index contributed by atoms with van der Waals surface area (Å²) in [5, 5.41) is 12.9. The van der Waals surface area contributed by atoms with Gasteiger partial charge in [0.1, 0.15) is 11.6 Å². The number of likely N-dealkylation sites (tertiary alicyclic amines) is 2. The second kappa shape index (κ2) is 5.85. The lowest BCUT2D eigenvalue weighted by atomic mass is 9.72. The fourth-order valence-corrected chi connectivity index (χ4v) is 4.95. The summed E-state index contributed by atoms with van der Waals surface area (Å²) in [6.07, 6.45) is 3.58. The van der Waals surface area contributed by atoms with E-state index in [4.69, 9.17) is 4.52 Å². The van der Waals surface area contributed by atoms with Gasteiger partial charge in [-0.3, -0.25) is 4.90 Å². The van der Waals surface area contributed by atoms with Crippen molar-refractivity contribution in [1.29, 1.82) is 0 Å². The molecule has 8 heteroatoms. The van der Waals surface area contributed by atoms with Gasteiger partial charge < -0.3 is 14.0 Å². The van der Waals surface area contributed by atoms with Gasteiger partial charge in [-0.05, 0) is 52.6 Å². The fourth-order valence-electron chi connectivity index (χ4n) is 4.95. The van der Waals surface area contributed by atoms with E-state index in [1.165, 1.54) is 12.8 Å². The van der Waals surface area contributed by atoms with Crippen LogP contribution in [-0.4, -0.2) is 67.9 Å². The Bertz CT molecular complexity index is 810. The zero-order valence-electron chi connectivity index (χ0n) is 15.9. The third-order valence-corrected chi connectivity index (χ3v) is 6.40. The zero-order valence-corrected chi connectivity index (χ0v) is 15.9. The minimum Gasteiger partial charge on any atom is -0.339 e. The van der Waals surface area contributed by atoms with Crippen molar-refractivity contribution < 1.29 is 4.52 Å². The minimum absolute atomic E-state index is 0.0206. The van der Waals surface area contributed by atoms with Crippen molar-refractivity contribution in [2.24, 2.45) is 5.92 Å². The Morgan fingerprint density at radius 1 is 1.19 bits per heavy atom. The zero-order chi connectivity index (χ0) is 17.9. The van der Waals surface area contributed by atoms with Crippen LogP contribution in [0.4, 0.5) is 0 Å². The first kappa shape index (κ1) is 16.4. The quantitative estimate of drug-likeness (QED) is 0.817. The molecule has 2 aromatic heterocycles. The van der Waals surface area contributed by atoms with E-state index in [1.807, 2.05) is 6.92 Å². The van der Waals surface area contributed by atoms with Crippen molar-refractivity contribution in [1.82, 2.24) is 34.7 Å². The van der Waals surface area contributed by atoms with Gasteiger partial charge in [0.15, 0.2) is 5.82 Å². The van der Waals surface area contributed by atoms with Gasteiger partial charge in [0.25, 0.3) is 0 Å². The fraction of sp³-hybridized carbons (Fsp3) is 0.778. The maximum atomic E-state index is 5.68. The molecule has 140 valence electrons. The molecule has 2 saturated heterocycles. The van der Waals surface area contributed by atoms with Crippen LogP contribution >= 0.6 is 0 Å². The van der Waals surface area contributed by atoms with Crippen LogP contribution in [0, 0.1) is 19.8 Å². The van der Waals surface area contributed by atoms with Gasteiger partial charge in [0.2, 0.25) is 5.89 Å². The maximum absolute atomic E-state index is 5.68. The predicted molar refractivity (Wildman–Crippen MR) is 94.6 cm³/mol. The second-order valence-electron chi connectivity index (χ2n) is 8.45. The lowest BCUT2D eigenvalue weighted by molar-refractivity contribution is 0.118. The molecule has 2 aromatic rings. The topological polar surface area (TPSA) is 76.1 Å². The highest BCUT2D eigenvalue weighted by Crippen LogP contribution is 2.45. The van der Waals surface area contributed by atoms with E-state index < -0.39 is 0 Å². The molecule has 0 unspecified atom stereocenters. The van der Waals surface area contributed by atoms with E-state index in [2.05, 4.69) is 48.7 Å². The standard InChI is InChI=1S/C18H27N7O/c1-12-19-17(26-22-12)18-6-7-23(3)8-14(18)9-24(11-18)10-16-21-20-13(2)25(16)15-4-5-15/h14-15H,4-11H2,1-3H3/t14-,18-/m1/s1. The number of nitrogens with zero attached hydrogens (tertiary/aromatic N) is 7. The summed E-state index contributed by atoms with van der Waals surface area (Å²) in [5.74, 6) is 4.22. The van der Waals surface area contributed by atoms with Crippen LogP contribution in [0.1, 0.15) is 48.7 Å². The van der Waals surface area contributed by atoms with Crippen LogP contribution in [0.2, 0.25) is 0 Å². The molecular weight excluding hydrogens is 330 g/mol. The maximum Gasteiger partial charge on any atom is 0.234 e. The first-order valence-corrected chi connectivity index (χ1v) is 9.67. The van der Waals surface area contributed by atoms with Crippen molar-refractivity contribution >= 4 is 0 Å². The van der Waals surface area contributed by atoms with Crippen LogP contribution in [-0.2, 0) is 12.0 Å². The SMILES string of the molecule is Cc1noc([C@@]23CCN(C)C[C@@H]2CN(Cc2nnc(C)n2C2CC2)C3)n1. The molecule has 0 aromatic carbocycles. The van der Waals surface area contributed by atoms with E-state index in [1.54, 1.807) is 0 Å². The average Bonchev–Trinajstić information content (AvgIpc) is 3.06. The highest BCUT2D eigenvalue weighted by atomic mass is 16.5. The second-order valence-corrected chi connectivity index (χ2v) is 8.45. The first-order valence-electron chi connectivity index (χ1n) is 9.67. The van der Waals surface area contributed by atoms with Gasteiger partial charge >= 0.3 is 0 Å². The lowest BCUT2D eigenvalue weighted by Gasteiger charge is -2.39. The number of hydrogen-bond donors (Lipinski definition) is 0. The van der Waals surface area contributed by atoms with Crippen molar-refractivity contribution in [2.75, 3.05) is 33.2 Å². The smallest absolute Gasteiger partial charge is 0.234 e. The number of piperidine rings is 1. The van der Waals surface area contributed by atoms with Crippen LogP contribution in [0.5, 0.6) is 0 Å². The minimum atomic E-state index is -0.0206. The monoisotopic (exact) mass is 357 g/mol. The predicted octanol–water partition coefficient (Wildman–Crippen LogP) is 1.32. The summed E-state index contributed by atoms with van der Waals surface area (Å²) in [4.78, 5) is 9.58. The Morgan fingerprint density at radius 2 is 2.04 bits per heavy atom. The molecule has 3 aliphatic rings. The molecule has 1 aliphatic carbocycles. The number of hydrogen-bond acceptors (Lipinski definition) is 7. The Morgan fingerprint density at radius 3 is 2.77 bits per heavy atom. The van der Waals surface area contributed by atoms with Gasteiger partial charge in [0.05, 0.1) is 12.0 Å². The molecule has 1 saturated carbocycles. The molecule has 0 bridgehead atoms. The third kappa shape index (κ3) is 2.58. The van der Waals surface area contributed by atoms with Crippen molar-refractivity contribution in [3.63, 3.8) is 0 Å². The number of aryl methyl sites for hydroxylation is 2. The molecule has 2 atom stereocenters. The summed E-state index contributed by atoms with van der Waals surface area (Å²) >= 11 is 0. The van der Waals surface area contributed by atoms with E-state index in [0.717, 1.165) is 62.5 Å². The first-order chi connectivity index (χ1) is 12.5. The molecule has 0 spiro atoms. The Kier molecular flexibility index (Phi) is 3.69.